The maximum atomic E-state index is 12.2. The van der Waals surface area contributed by atoms with E-state index >= 15 is 0 Å². The lowest BCUT2D eigenvalue weighted by atomic mass is 9.68. The fourth-order valence-electron chi connectivity index (χ4n) is 4.90. The standard InChI is InChI=1S/C19H28O4/c1-22-15-11-19(18(20)21,14-9-5-6-10-14)12-16(23-2)17(15)13-7-3-4-8-13/h11-14,17H,3-10H2,1-2H3,(H,20,21). The number of carboxylic acids is 1. The van der Waals surface area contributed by atoms with Crippen molar-refractivity contribution < 1.29 is 19.4 Å². The van der Waals surface area contributed by atoms with Crippen molar-refractivity contribution in [2.45, 2.75) is 51.4 Å². The Balaban J connectivity index is 2.02. The van der Waals surface area contributed by atoms with Gasteiger partial charge in [-0.15, -0.1) is 0 Å². The van der Waals surface area contributed by atoms with Crippen LogP contribution in [0.15, 0.2) is 23.7 Å². The van der Waals surface area contributed by atoms with Crippen LogP contribution in [0, 0.1) is 23.2 Å². The molecule has 0 atom stereocenters. The highest BCUT2D eigenvalue weighted by Gasteiger charge is 2.49. The van der Waals surface area contributed by atoms with Crippen molar-refractivity contribution in [1.29, 1.82) is 0 Å². The molecule has 0 bridgehead atoms. The van der Waals surface area contributed by atoms with Gasteiger partial charge in [0.1, 0.15) is 16.9 Å². The average Bonchev–Trinajstić information content (AvgIpc) is 3.26. The molecule has 2 fully saturated rings. The highest BCUT2D eigenvalue weighted by molar-refractivity contribution is 5.81. The van der Waals surface area contributed by atoms with Gasteiger partial charge in [0.25, 0.3) is 0 Å². The molecule has 23 heavy (non-hydrogen) atoms. The zero-order chi connectivity index (χ0) is 16.4. The molecule has 0 heterocycles. The summed E-state index contributed by atoms with van der Waals surface area (Å²) < 4.78 is 11.4. The number of hydrogen-bond acceptors (Lipinski definition) is 3. The van der Waals surface area contributed by atoms with E-state index < -0.39 is 11.4 Å². The minimum Gasteiger partial charge on any atom is -0.501 e. The Hall–Kier alpha value is -1.45. The minimum absolute atomic E-state index is 0.0846. The summed E-state index contributed by atoms with van der Waals surface area (Å²) in [4.78, 5) is 12.2. The van der Waals surface area contributed by atoms with E-state index in [1.165, 1.54) is 12.8 Å². The lowest BCUT2D eigenvalue weighted by Crippen LogP contribution is -2.39. The first-order valence-corrected chi connectivity index (χ1v) is 8.89. The van der Waals surface area contributed by atoms with Crippen molar-refractivity contribution in [2.75, 3.05) is 14.2 Å². The van der Waals surface area contributed by atoms with Gasteiger partial charge in [0.05, 0.1) is 20.1 Å². The van der Waals surface area contributed by atoms with Crippen molar-refractivity contribution >= 4 is 5.97 Å². The van der Waals surface area contributed by atoms with Gasteiger partial charge in [0.15, 0.2) is 0 Å². The summed E-state index contributed by atoms with van der Waals surface area (Å²) in [5.41, 5.74) is -0.970. The molecular weight excluding hydrogens is 292 g/mol. The number of aliphatic carboxylic acids is 1. The molecule has 0 aliphatic heterocycles. The molecule has 4 heteroatoms. The summed E-state index contributed by atoms with van der Waals surface area (Å²) in [7, 11) is 3.32. The number of hydrogen-bond donors (Lipinski definition) is 1. The molecule has 3 rings (SSSR count). The molecule has 0 saturated heterocycles. The Morgan fingerprint density at radius 1 is 1.00 bits per heavy atom. The van der Waals surface area contributed by atoms with Crippen molar-refractivity contribution in [2.24, 2.45) is 23.2 Å². The van der Waals surface area contributed by atoms with Crippen molar-refractivity contribution in [3.05, 3.63) is 23.7 Å². The SMILES string of the molecule is COC1=CC(C(=O)O)(C2CCCC2)C=C(OC)C1C1CCCC1. The normalized spacial score (nSPS) is 32.5. The van der Waals surface area contributed by atoms with Crippen LogP contribution in [0.3, 0.4) is 0 Å². The first-order chi connectivity index (χ1) is 11.1. The number of carbonyl (C=O) groups is 1. The molecule has 0 aromatic carbocycles. The molecule has 4 nitrogen and oxygen atoms in total. The molecule has 3 aliphatic carbocycles. The lowest BCUT2D eigenvalue weighted by molar-refractivity contribution is -0.146. The van der Waals surface area contributed by atoms with E-state index in [0.717, 1.165) is 50.0 Å². The maximum Gasteiger partial charge on any atom is 0.317 e. The van der Waals surface area contributed by atoms with E-state index in [1.54, 1.807) is 14.2 Å². The Kier molecular flexibility index (Phi) is 4.69. The first kappa shape index (κ1) is 16.4. The van der Waals surface area contributed by atoms with Gasteiger partial charge in [0, 0.05) is 0 Å². The zero-order valence-electron chi connectivity index (χ0n) is 14.2. The van der Waals surface area contributed by atoms with Gasteiger partial charge < -0.3 is 14.6 Å². The van der Waals surface area contributed by atoms with E-state index in [-0.39, 0.29) is 11.8 Å². The molecule has 3 aliphatic rings. The fraction of sp³-hybridized carbons (Fsp3) is 0.737. The van der Waals surface area contributed by atoms with Crippen molar-refractivity contribution in [3.8, 4) is 0 Å². The van der Waals surface area contributed by atoms with Crippen LogP contribution in [-0.2, 0) is 14.3 Å². The Morgan fingerprint density at radius 2 is 1.48 bits per heavy atom. The summed E-state index contributed by atoms with van der Waals surface area (Å²) in [5, 5.41) is 10.0. The third-order valence-corrected chi connectivity index (χ3v) is 6.12. The quantitative estimate of drug-likeness (QED) is 0.827. The van der Waals surface area contributed by atoms with Crippen LogP contribution in [0.4, 0.5) is 0 Å². The molecule has 0 spiro atoms. The van der Waals surface area contributed by atoms with E-state index in [1.807, 2.05) is 12.2 Å². The van der Waals surface area contributed by atoms with Crippen LogP contribution < -0.4 is 0 Å². The summed E-state index contributed by atoms with van der Waals surface area (Å²) in [6.45, 7) is 0. The van der Waals surface area contributed by atoms with E-state index in [0.29, 0.717) is 5.92 Å². The first-order valence-electron chi connectivity index (χ1n) is 8.89. The van der Waals surface area contributed by atoms with Crippen LogP contribution in [0.5, 0.6) is 0 Å². The van der Waals surface area contributed by atoms with Gasteiger partial charge in [-0.05, 0) is 49.7 Å². The van der Waals surface area contributed by atoms with Crippen LogP contribution in [0.25, 0.3) is 0 Å². The third kappa shape index (κ3) is 2.77. The topological polar surface area (TPSA) is 55.8 Å². The van der Waals surface area contributed by atoms with Crippen LogP contribution in [0.2, 0.25) is 0 Å². The van der Waals surface area contributed by atoms with E-state index in [2.05, 4.69) is 0 Å². The molecule has 0 amide bonds. The van der Waals surface area contributed by atoms with E-state index in [4.69, 9.17) is 9.47 Å². The largest absolute Gasteiger partial charge is 0.501 e. The Morgan fingerprint density at radius 3 is 1.91 bits per heavy atom. The van der Waals surface area contributed by atoms with Crippen molar-refractivity contribution in [1.82, 2.24) is 0 Å². The summed E-state index contributed by atoms with van der Waals surface area (Å²) >= 11 is 0. The van der Waals surface area contributed by atoms with Gasteiger partial charge in [-0.1, -0.05) is 25.7 Å². The molecule has 1 N–H and O–H groups in total. The van der Waals surface area contributed by atoms with Gasteiger partial charge in [0.2, 0.25) is 0 Å². The van der Waals surface area contributed by atoms with Crippen LogP contribution >= 0.6 is 0 Å². The third-order valence-electron chi connectivity index (χ3n) is 6.12. The number of ether oxygens (including phenoxy) is 2. The number of carboxylic acid groups (broad SMARTS) is 1. The van der Waals surface area contributed by atoms with Crippen LogP contribution in [-0.4, -0.2) is 25.3 Å². The fourth-order valence-corrected chi connectivity index (χ4v) is 4.90. The summed E-state index contributed by atoms with van der Waals surface area (Å²) in [5.74, 6) is 1.54. The second kappa shape index (κ2) is 6.58. The molecular formula is C19H28O4. The highest BCUT2D eigenvalue weighted by atomic mass is 16.5. The van der Waals surface area contributed by atoms with Gasteiger partial charge in [-0.3, -0.25) is 4.79 Å². The lowest BCUT2D eigenvalue weighted by Gasteiger charge is -2.38. The highest BCUT2D eigenvalue weighted by Crippen LogP contribution is 2.51. The average molecular weight is 320 g/mol. The van der Waals surface area contributed by atoms with Gasteiger partial charge in [-0.25, -0.2) is 0 Å². The summed E-state index contributed by atoms with van der Waals surface area (Å²) in [6, 6.07) is 0. The Labute approximate surface area is 138 Å². The second-order valence-corrected chi connectivity index (χ2v) is 7.24. The van der Waals surface area contributed by atoms with Gasteiger partial charge in [-0.2, -0.15) is 0 Å². The van der Waals surface area contributed by atoms with Crippen molar-refractivity contribution in [3.63, 3.8) is 0 Å². The predicted molar refractivity (Wildman–Crippen MR) is 87.7 cm³/mol. The monoisotopic (exact) mass is 320 g/mol. The second-order valence-electron chi connectivity index (χ2n) is 7.24. The number of methoxy groups -OCH3 is 2. The smallest absolute Gasteiger partial charge is 0.317 e. The molecule has 128 valence electrons. The van der Waals surface area contributed by atoms with Crippen LogP contribution in [0.1, 0.15) is 51.4 Å². The molecule has 0 radical (unpaired) electrons. The summed E-state index contributed by atoms with van der Waals surface area (Å²) in [6.07, 6.45) is 12.7. The molecule has 0 aromatic heterocycles. The maximum absolute atomic E-state index is 12.2. The minimum atomic E-state index is -0.970. The molecule has 0 aromatic rings. The zero-order valence-corrected chi connectivity index (χ0v) is 14.2. The Bertz CT molecular complexity index is 485. The molecule has 0 unspecified atom stereocenters. The predicted octanol–water partition coefficient (Wildman–Crippen LogP) is 4.13. The molecule has 2 saturated carbocycles. The van der Waals surface area contributed by atoms with Gasteiger partial charge >= 0.3 is 5.97 Å². The number of rotatable bonds is 5. The van der Waals surface area contributed by atoms with E-state index in [9.17, 15) is 9.90 Å².